The highest BCUT2D eigenvalue weighted by atomic mass is 35.5. The molecular weight excluding hydrogens is 477 g/mol. The zero-order valence-corrected chi connectivity index (χ0v) is 22.1. The number of aromatic nitrogens is 2. The van der Waals surface area contributed by atoms with Crippen molar-refractivity contribution in [3.8, 4) is 0 Å². The lowest BCUT2D eigenvalue weighted by Gasteiger charge is -2.26. The largest absolute Gasteiger partial charge is 0.465 e. The Kier molecular flexibility index (Phi) is 11.9. The van der Waals surface area contributed by atoms with E-state index >= 15 is 0 Å². The first kappa shape index (κ1) is 28.7. The number of ether oxygens (including phenoxy) is 1. The zero-order chi connectivity index (χ0) is 25.3. The summed E-state index contributed by atoms with van der Waals surface area (Å²) in [5, 5.41) is 13.6. The molecule has 0 saturated carbocycles. The number of esters is 1. The number of nitrogens with one attached hydrogen (secondary N) is 1. The molecule has 2 rings (SSSR count). The van der Waals surface area contributed by atoms with E-state index in [1.807, 2.05) is 37.6 Å². The van der Waals surface area contributed by atoms with Gasteiger partial charge in [0.15, 0.2) is 0 Å². The number of carbonyl (C=O) groups excluding carboxylic acids is 1. The number of carbonyl (C=O) groups is 1. The highest BCUT2D eigenvalue weighted by molar-refractivity contribution is 6.18. The van der Waals surface area contributed by atoms with Crippen LogP contribution in [0.15, 0.2) is 18.2 Å². The van der Waals surface area contributed by atoms with Crippen molar-refractivity contribution in [3.05, 3.63) is 24.0 Å². The van der Waals surface area contributed by atoms with Crippen molar-refractivity contribution in [2.45, 2.75) is 58.3 Å². The van der Waals surface area contributed by atoms with Crippen LogP contribution in [0.2, 0.25) is 0 Å². The van der Waals surface area contributed by atoms with Crippen LogP contribution in [0.25, 0.3) is 11.0 Å². The quantitative estimate of drug-likeness (QED) is 0.190. The first-order valence-corrected chi connectivity index (χ1v) is 13.0. The normalized spacial score (nSPS) is 14.4. The second kappa shape index (κ2) is 14.1. The number of benzene rings is 1. The average Bonchev–Trinajstić information content (AvgIpc) is 3.11. The third-order valence-corrected chi connectivity index (χ3v) is 6.13. The van der Waals surface area contributed by atoms with Gasteiger partial charge in [-0.3, -0.25) is 10.1 Å². The fourth-order valence-corrected chi connectivity index (χ4v) is 4.37. The fourth-order valence-electron chi connectivity index (χ4n) is 3.96. The number of aryl methyl sites for hydroxylation is 2. The lowest BCUT2D eigenvalue weighted by Crippen LogP contribution is -2.52. The molecule has 0 aliphatic carbocycles. The SMILES string of the molecule is CCOC(=O)[C@H](CC(C)C)NC(O)[C@H](N)CCc1nc2cc(N(CCCl)CCCl)ccc2n1C. The minimum absolute atomic E-state index is 0.264. The molecule has 0 fully saturated rings. The van der Waals surface area contributed by atoms with Crippen molar-refractivity contribution in [2.24, 2.45) is 18.7 Å². The molecule has 8 nitrogen and oxygen atoms in total. The second-order valence-corrected chi connectivity index (χ2v) is 9.63. The number of aliphatic hydroxyl groups excluding tert-OH is 1. The molecule has 4 N–H and O–H groups in total. The topological polar surface area (TPSA) is 106 Å². The number of hydrogen-bond donors (Lipinski definition) is 3. The van der Waals surface area contributed by atoms with Gasteiger partial charge in [-0.1, -0.05) is 13.8 Å². The maximum Gasteiger partial charge on any atom is 0.323 e. The summed E-state index contributed by atoms with van der Waals surface area (Å²) < 4.78 is 7.18. The number of alkyl halides is 2. The molecule has 192 valence electrons. The molecule has 0 saturated heterocycles. The van der Waals surface area contributed by atoms with Crippen molar-refractivity contribution in [1.82, 2.24) is 14.9 Å². The number of aliphatic hydroxyl groups is 1. The van der Waals surface area contributed by atoms with Crippen LogP contribution in [0, 0.1) is 5.92 Å². The van der Waals surface area contributed by atoms with E-state index in [0.29, 0.717) is 50.7 Å². The van der Waals surface area contributed by atoms with E-state index in [0.717, 1.165) is 22.5 Å². The van der Waals surface area contributed by atoms with Gasteiger partial charge in [-0.25, -0.2) is 4.98 Å². The number of hydrogen-bond acceptors (Lipinski definition) is 7. The van der Waals surface area contributed by atoms with Crippen molar-refractivity contribution in [2.75, 3.05) is 36.4 Å². The summed E-state index contributed by atoms with van der Waals surface area (Å²) >= 11 is 11.9. The van der Waals surface area contributed by atoms with Crippen LogP contribution in [-0.2, 0) is 23.0 Å². The summed E-state index contributed by atoms with van der Waals surface area (Å²) in [6.45, 7) is 7.51. The third kappa shape index (κ3) is 7.99. The summed E-state index contributed by atoms with van der Waals surface area (Å²) in [4.78, 5) is 19.2. The number of fused-ring (bicyclic) bond motifs is 1. The van der Waals surface area contributed by atoms with Crippen LogP contribution in [-0.4, -0.2) is 70.4 Å². The number of rotatable bonds is 15. The molecule has 1 heterocycles. The van der Waals surface area contributed by atoms with E-state index in [1.165, 1.54) is 0 Å². The van der Waals surface area contributed by atoms with Gasteiger partial charge >= 0.3 is 5.97 Å². The summed E-state index contributed by atoms with van der Waals surface area (Å²) in [5.74, 6) is 1.81. The lowest BCUT2D eigenvalue weighted by molar-refractivity contribution is -0.147. The van der Waals surface area contributed by atoms with Gasteiger partial charge in [0.1, 0.15) is 18.1 Å². The number of nitrogens with two attached hydrogens (primary N) is 1. The molecule has 0 aliphatic heterocycles. The third-order valence-electron chi connectivity index (χ3n) is 5.79. The van der Waals surface area contributed by atoms with Crippen molar-refractivity contribution in [1.29, 1.82) is 0 Å². The second-order valence-electron chi connectivity index (χ2n) is 8.87. The van der Waals surface area contributed by atoms with Crippen LogP contribution >= 0.6 is 23.2 Å². The standard InChI is InChI=1S/C24H39Cl2N5O3/c1-5-34-24(33)20(14-16(2)3)29-23(32)18(27)7-9-22-28-19-15-17(6-8-21(19)30(22)4)31(12-10-25)13-11-26/h6,8,15-16,18,20,23,29,32H,5,7,9-14,27H2,1-4H3/t18-,20+,23?/m1/s1. The van der Waals surface area contributed by atoms with Crippen LogP contribution in [0.4, 0.5) is 5.69 Å². The molecular formula is C24H39Cl2N5O3. The molecule has 0 bridgehead atoms. The van der Waals surface area contributed by atoms with Crippen LogP contribution in [0.5, 0.6) is 0 Å². The lowest BCUT2D eigenvalue weighted by atomic mass is 10.0. The molecule has 0 amide bonds. The zero-order valence-electron chi connectivity index (χ0n) is 20.6. The summed E-state index contributed by atoms with van der Waals surface area (Å²) in [5.41, 5.74) is 9.19. The highest BCUT2D eigenvalue weighted by Crippen LogP contribution is 2.23. The molecule has 1 aromatic heterocycles. The highest BCUT2D eigenvalue weighted by Gasteiger charge is 2.26. The predicted octanol–water partition coefficient (Wildman–Crippen LogP) is 3.00. The molecule has 0 radical (unpaired) electrons. The molecule has 0 aliphatic rings. The predicted molar refractivity (Wildman–Crippen MR) is 140 cm³/mol. The Bertz CT molecular complexity index is 902. The van der Waals surface area contributed by atoms with Gasteiger partial charge in [-0.2, -0.15) is 0 Å². The maximum absolute atomic E-state index is 12.2. The Labute approximate surface area is 212 Å². The van der Waals surface area contributed by atoms with Gasteiger partial charge in [-0.15, -0.1) is 23.2 Å². The van der Waals surface area contributed by atoms with Crippen LogP contribution in [0.3, 0.4) is 0 Å². The van der Waals surface area contributed by atoms with Gasteiger partial charge in [0.2, 0.25) is 0 Å². The van der Waals surface area contributed by atoms with E-state index in [4.69, 9.17) is 38.7 Å². The first-order chi connectivity index (χ1) is 16.2. The van der Waals surface area contributed by atoms with E-state index in [1.54, 1.807) is 6.92 Å². The Morgan fingerprint density at radius 1 is 1.29 bits per heavy atom. The number of halogens is 2. The van der Waals surface area contributed by atoms with E-state index < -0.39 is 18.3 Å². The summed E-state index contributed by atoms with van der Waals surface area (Å²) in [6.07, 6.45) is 0.608. The Balaban J connectivity index is 2.06. The van der Waals surface area contributed by atoms with E-state index in [-0.39, 0.29) is 11.9 Å². The number of imidazole rings is 1. The molecule has 34 heavy (non-hydrogen) atoms. The smallest absolute Gasteiger partial charge is 0.323 e. The van der Waals surface area contributed by atoms with E-state index in [2.05, 4.69) is 16.3 Å². The molecule has 3 atom stereocenters. The van der Waals surface area contributed by atoms with Crippen LogP contribution < -0.4 is 16.0 Å². The van der Waals surface area contributed by atoms with Crippen LogP contribution in [0.1, 0.15) is 39.4 Å². The van der Waals surface area contributed by atoms with E-state index in [9.17, 15) is 9.90 Å². The average molecular weight is 517 g/mol. The minimum atomic E-state index is -1.03. The van der Waals surface area contributed by atoms with Crippen molar-refractivity contribution < 1.29 is 14.6 Å². The molecule has 2 aromatic rings. The summed E-state index contributed by atoms with van der Waals surface area (Å²) in [6, 6.07) is 4.98. The summed E-state index contributed by atoms with van der Waals surface area (Å²) in [7, 11) is 1.97. The molecule has 10 heteroatoms. The Morgan fingerprint density at radius 2 is 1.97 bits per heavy atom. The molecule has 0 spiro atoms. The van der Waals surface area contributed by atoms with Crippen molar-refractivity contribution in [3.63, 3.8) is 0 Å². The first-order valence-electron chi connectivity index (χ1n) is 11.9. The monoisotopic (exact) mass is 515 g/mol. The molecule has 1 aromatic carbocycles. The van der Waals surface area contributed by atoms with Gasteiger partial charge < -0.3 is 25.0 Å². The van der Waals surface area contributed by atoms with Crippen molar-refractivity contribution >= 4 is 45.9 Å². The van der Waals surface area contributed by atoms with Gasteiger partial charge in [-0.05, 0) is 43.9 Å². The Hall–Kier alpha value is -1.58. The van der Waals surface area contributed by atoms with Gasteiger partial charge in [0.05, 0.1) is 17.6 Å². The maximum atomic E-state index is 12.2. The molecule has 1 unspecified atom stereocenters. The number of anilines is 1. The van der Waals surface area contributed by atoms with Gasteiger partial charge in [0, 0.05) is 50.0 Å². The number of nitrogens with zero attached hydrogens (tertiary/aromatic N) is 3. The Morgan fingerprint density at radius 3 is 2.56 bits per heavy atom. The fraction of sp³-hybridized carbons (Fsp3) is 0.667. The van der Waals surface area contributed by atoms with Gasteiger partial charge in [0.25, 0.3) is 0 Å². The minimum Gasteiger partial charge on any atom is -0.465 e.